The molecule has 12 nitrogen and oxygen atoms in total. The molecule has 0 fully saturated rings. The molecule has 0 radical (unpaired) electrons. The summed E-state index contributed by atoms with van der Waals surface area (Å²) < 4.78 is 16.0. The van der Waals surface area contributed by atoms with E-state index < -0.39 is 36.0 Å². The van der Waals surface area contributed by atoms with Crippen LogP contribution in [0.2, 0.25) is 0 Å². The zero-order valence-electron chi connectivity index (χ0n) is 30.6. The van der Waals surface area contributed by atoms with Gasteiger partial charge in [-0.3, -0.25) is 0 Å². The lowest BCUT2D eigenvalue weighted by Gasteiger charge is -2.22. The van der Waals surface area contributed by atoms with Crippen LogP contribution in [0.4, 0.5) is 14.4 Å². The molecule has 7 N–H and O–H groups in total. The first-order valence-corrected chi connectivity index (χ1v) is 17.6. The molecular weight excluding hydrogens is 712 g/mol. The Balaban J connectivity index is 0.000000244. The highest BCUT2D eigenvalue weighted by molar-refractivity contribution is 5.85. The molecule has 2 atom stereocenters. The topological polar surface area (TPSA) is 181 Å². The third-order valence-electron chi connectivity index (χ3n) is 8.95. The van der Waals surface area contributed by atoms with Crippen molar-refractivity contribution in [3.05, 3.63) is 119 Å². The van der Waals surface area contributed by atoms with Gasteiger partial charge in [-0.2, -0.15) is 0 Å². The van der Waals surface area contributed by atoms with Crippen LogP contribution in [0.15, 0.2) is 97.1 Å². The van der Waals surface area contributed by atoms with Crippen molar-refractivity contribution in [3.8, 4) is 22.3 Å². The molecule has 2 aliphatic rings. The van der Waals surface area contributed by atoms with Crippen LogP contribution in [0.3, 0.4) is 0 Å². The normalized spacial score (nSPS) is 13.6. The number of rotatable bonds is 11. The van der Waals surface area contributed by atoms with Gasteiger partial charge in [-0.1, -0.05) is 97.1 Å². The maximum atomic E-state index is 12.3. The molecule has 0 saturated carbocycles. The lowest BCUT2D eigenvalue weighted by molar-refractivity contribution is 0.0515. The fourth-order valence-electron chi connectivity index (χ4n) is 6.47. The van der Waals surface area contributed by atoms with Crippen LogP contribution < -0.4 is 21.7 Å². The number of amides is 3. The Morgan fingerprint density at radius 3 is 1.31 bits per heavy atom. The van der Waals surface area contributed by atoms with Gasteiger partial charge in [-0.05, 0) is 65.3 Å². The summed E-state index contributed by atoms with van der Waals surface area (Å²) >= 11 is 0. The molecule has 0 aliphatic heterocycles. The van der Waals surface area contributed by atoms with Crippen LogP contribution >= 0.6 is 12.4 Å². The second-order valence-electron chi connectivity index (χ2n) is 13.8. The number of nitrogens with one attached hydrogen (secondary N) is 3. The molecule has 0 bridgehead atoms. The van der Waals surface area contributed by atoms with E-state index in [9.17, 15) is 19.5 Å². The molecule has 4 aromatic rings. The van der Waals surface area contributed by atoms with Crippen LogP contribution in [0.5, 0.6) is 0 Å². The van der Waals surface area contributed by atoms with E-state index in [1.807, 2.05) is 60.7 Å². The predicted octanol–water partition coefficient (Wildman–Crippen LogP) is 5.68. The molecule has 0 heterocycles. The molecule has 0 saturated heterocycles. The molecule has 3 amide bonds. The van der Waals surface area contributed by atoms with Gasteiger partial charge >= 0.3 is 18.3 Å². The number of carbonyl (C=O) groups is 3. The first kappa shape index (κ1) is 41.6. The average molecular weight is 761 g/mol. The quantitative estimate of drug-likeness (QED) is 0.105. The number of hydrogen-bond acceptors (Lipinski definition) is 9. The van der Waals surface area contributed by atoms with Crippen LogP contribution in [0.1, 0.15) is 54.9 Å². The number of aliphatic hydroxyl groups is 2. The lowest BCUT2D eigenvalue weighted by atomic mass is 9.98. The van der Waals surface area contributed by atoms with Crippen molar-refractivity contribution in [2.45, 2.75) is 50.3 Å². The minimum atomic E-state index is -0.687. The van der Waals surface area contributed by atoms with Gasteiger partial charge in [0.05, 0.1) is 25.3 Å². The highest BCUT2D eigenvalue weighted by Gasteiger charge is 2.30. The van der Waals surface area contributed by atoms with E-state index in [0.29, 0.717) is 0 Å². The van der Waals surface area contributed by atoms with Crippen molar-refractivity contribution in [3.63, 3.8) is 0 Å². The van der Waals surface area contributed by atoms with Crippen molar-refractivity contribution in [2.24, 2.45) is 5.73 Å². The number of fused-ring (bicyclic) bond motifs is 6. The summed E-state index contributed by atoms with van der Waals surface area (Å²) in [5, 5.41) is 26.2. The number of halogens is 1. The Kier molecular flexibility index (Phi) is 14.8. The van der Waals surface area contributed by atoms with Crippen molar-refractivity contribution in [2.75, 3.05) is 39.5 Å². The molecule has 6 rings (SSSR count). The van der Waals surface area contributed by atoms with Crippen LogP contribution in [0, 0.1) is 0 Å². The summed E-state index contributed by atoms with van der Waals surface area (Å²) in [7, 11) is 0. The summed E-state index contributed by atoms with van der Waals surface area (Å²) in [5.74, 6) is -0.0192. The van der Waals surface area contributed by atoms with E-state index in [0.717, 1.165) is 22.3 Å². The van der Waals surface area contributed by atoms with Crippen LogP contribution in [-0.4, -0.2) is 85.7 Å². The van der Waals surface area contributed by atoms with Crippen molar-refractivity contribution in [1.29, 1.82) is 0 Å². The molecule has 13 heteroatoms. The fraction of sp³-hybridized carbons (Fsp3) is 0.341. The summed E-state index contributed by atoms with van der Waals surface area (Å²) in [6, 6.07) is 31.3. The number of nitrogens with two attached hydrogens (primary N) is 1. The molecule has 2 aliphatic carbocycles. The van der Waals surface area contributed by atoms with Gasteiger partial charge in [-0.25, -0.2) is 14.4 Å². The maximum absolute atomic E-state index is 12.3. The first-order valence-electron chi connectivity index (χ1n) is 17.6. The second kappa shape index (κ2) is 19.3. The van der Waals surface area contributed by atoms with Gasteiger partial charge in [-0.15, -0.1) is 12.4 Å². The SMILES string of the molecule is CC(C)(C)OC(=O)NC[C@@H](CO)NC(=O)OCC1c2ccccc2-c2ccccc21.Cl.NC[C@@H](CO)NC(=O)OCC1c2ccccc2-c2ccccc21. The number of carbonyl (C=O) groups excluding carboxylic acids is 3. The first-order chi connectivity index (χ1) is 25.5. The molecule has 0 unspecified atom stereocenters. The number of ether oxygens (including phenoxy) is 3. The number of aliphatic hydroxyl groups excluding tert-OH is 2. The Morgan fingerprint density at radius 1 is 0.630 bits per heavy atom. The van der Waals surface area contributed by atoms with Crippen molar-refractivity contribution >= 4 is 30.7 Å². The second-order valence-corrected chi connectivity index (χ2v) is 13.8. The van der Waals surface area contributed by atoms with E-state index in [1.165, 1.54) is 22.3 Å². The summed E-state index contributed by atoms with van der Waals surface area (Å²) in [6.45, 7) is 5.33. The summed E-state index contributed by atoms with van der Waals surface area (Å²) in [5.41, 5.74) is 14.1. The van der Waals surface area contributed by atoms with E-state index in [2.05, 4.69) is 52.3 Å². The maximum Gasteiger partial charge on any atom is 0.407 e. The van der Waals surface area contributed by atoms with Gasteiger partial charge in [0.15, 0.2) is 0 Å². The highest BCUT2D eigenvalue weighted by atomic mass is 35.5. The van der Waals surface area contributed by atoms with E-state index in [1.54, 1.807) is 20.8 Å². The number of hydrogen-bond donors (Lipinski definition) is 6. The minimum absolute atomic E-state index is 0. The third-order valence-corrected chi connectivity index (χ3v) is 8.95. The Labute approximate surface area is 321 Å². The van der Waals surface area contributed by atoms with Crippen LogP contribution in [-0.2, 0) is 14.2 Å². The van der Waals surface area contributed by atoms with Crippen molar-refractivity contribution in [1.82, 2.24) is 16.0 Å². The van der Waals surface area contributed by atoms with E-state index in [-0.39, 0.29) is 63.8 Å². The van der Waals surface area contributed by atoms with Gasteiger partial charge in [0.1, 0.15) is 18.8 Å². The smallest absolute Gasteiger partial charge is 0.407 e. The van der Waals surface area contributed by atoms with Crippen LogP contribution in [0.25, 0.3) is 22.3 Å². The van der Waals surface area contributed by atoms with Gasteiger partial charge in [0, 0.05) is 24.9 Å². The van der Waals surface area contributed by atoms with Gasteiger partial charge in [0.2, 0.25) is 0 Å². The molecule has 4 aromatic carbocycles. The zero-order chi connectivity index (χ0) is 38.0. The van der Waals surface area contributed by atoms with Crippen molar-refractivity contribution < 1.29 is 38.8 Å². The lowest BCUT2D eigenvalue weighted by Crippen LogP contribution is -2.47. The molecular formula is C41H49ClN4O8. The highest BCUT2D eigenvalue weighted by Crippen LogP contribution is 2.45. The molecule has 0 spiro atoms. The number of benzene rings is 4. The summed E-state index contributed by atoms with van der Waals surface area (Å²) in [4.78, 5) is 35.9. The monoisotopic (exact) mass is 760 g/mol. The number of alkyl carbamates (subject to hydrolysis) is 3. The molecule has 0 aromatic heterocycles. The Morgan fingerprint density at radius 2 is 0.981 bits per heavy atom. The van der Waals surface area contributed by atoms with E-state index >= 15 is 0 Å². The predicted molar refractivity (Wildman–Crippen MR) is 209 cm³/mol. The zero-order valence-corrected chi connectivity index (χ0v) is 31.4. The average Bonchev–Trinajstić information content (AvgIpc) is 3.65. The summed E-state index contributed by atoms with van der Waals surface area (Å²) in [6.07, 6.45) is -1.83. The third kappa shape index (κ3) is 10.5. The fourth-order valence-corrected chi connectivity index (χ4v) is 6.47. The minimum Gasteiger partial charge on any atom is -0.449 e. The van der Waals surface area contributed by atoms with Gasteiger partial charge < -0.3 is 46.1 Å². The largest absolute Gasteiger partial charge is 0.449 e. The standard InChI is InChI=1S/C23H28N2O5.C18H20N2O3.ClH/c1-23(2,3)30-21(27)24-12-15(13-26)25-22(28)29-14-20-18-10-6-4-8-16(18)17-9-5-7-11-19(17)20;19-9-12(10-21)20-18(22)23-11-17-15-7-3-1-5-13(15)14-6-2-4-8-16(14)17;/h4-11,15,20,26H,12-14H2,1-3H3,(H,24,27)(H,25,28);1-8,12,17,21H,9-11,19H2,(H,20,22);1H/t15-;12-;/m00./s1. The van der Waals surface area contributed by atoms with E-state index in [4.69, 9.17) is 25.1 Å². The van der Waals surface area contributed by atoms with Gasteiger partial charge in [0.25, 0.3) is 0 Å². The molecule has 288 valence electrons. The Bertz CT molecular complexity index is 1790. The molecule has 54 heavy (non-hydrogen) atoms. The Hall–Kier alpha value is -5.14.